The number of nitrogens with two attached hydrogens (primary N) is 1. The van der Waals surface area contributed by atoms with Gasteiger partial charge in [0.2, 0.25) is 0 Å². The van der Waals surface area contributed by atoms with Gasteiger partial charge in [0.15, 0.2) is 0 Å². The first kappa shape index (κ1) is 11.2. The van der Waals surface area contributed by atoms with Crippen LogP contribution in [0.5, 0.6) is 0 Å². The van der Waals surface area contributed by atoms with E-state index in [0.717, 1.165) is 10.0 Å². The number of carboxylic acid groups (broad SMARTS) is 1. The maximum atomic E-state index is 10.9. The van der Waals surface area contributed by atoms with Gasteiger partial charge in [0, 0.05) is 4.47 Å². The molecule has 1 rings (SSSR count). The van der Waals surface area contributed by atoms with Gasteiger partial charge >= 0.3 is 5.97 Å². The van der Waals surface area contributed by atoms with Gasteiger partial charge in [-0.15, -0.1) is 0 Å². The average molecular weight is 258 g/mol. The molecule has 0 unspecified atom stereocenters. The van der Waals surface area contributed by atoms with Crippen molar-refractivity contribution in [3.63, 3.8) is 0 Å². The van der Waals surface area contributed by atoms with Crippen LogP contribution in [0.4, 0.5) is 0 Å². The average Bonchev–Trinajstić information content (AvgIpc) is 2.09. The lowest BCUT2D eigenvalue weighted by atomic mass is 9.90. The minimum absolute atomic E-state index is 0.624. The van der Waals surface area contributed by atoms with Crippen molar-refractivity contribution < 1.29 is 9.90 Å². The Hall–Kier alpha value is -0.870. The summed E-state index contributed by atoms with van der Waals surface area (Å²) in [5, 5.41) is 8.97. The van der Waals surface area contributed by atoms with E-state index in [2.05, 4.69) is 15.9 Å². The third kappa shape index (κ3) is 1.81. The Labute approximate surface area is 91.1 Å². The third-order valence-corrected chi connectivity index (χ3v) is 3.13. The van der Waals surface area contributed by atoms with E-state index >= 15 is 0 Å². The van der Waals surface area contributed by atoms with Crippen LogP contribution in [0.15, 0.2) is 22.7 Å². The van der Waals surface area contributed by atoms with Crippen molar-refractivity contribution >= 4 is 21.9 Å². The fraction of sp³-hybridized carbons (Fsp3) is 0.300. The van der Waals surface area contributed by atoms with Gasteiger partial charge < -0.3 is 10.8 Å². The van der Waals surface area contributed by atoms with E-state index in [0.29, 0.717) is 5.56 Å². The Kier molecular flexibility index (Phi) is 2.97. The number of aliphatic carboxylic acids is 1. The highest BCUT2D eigenvalue weighted by molar-refractivity contribution is 9.10. The molecule has 0 aromatic heterocycles. The zero-order valence-corrected chi connectivity index (χ0v) is 9.63. The molecule has 3 N–H and O–H groups in total. The molecule has 0 amide bonds. The number of halogens is 1. The van der Waals surface area contributed by atoms with E-state index in [9.17, 15) is 4.79 Å². The van der Waals surface area contributed by atoms with Crippen LogP contribution in [0.1, 0.15) is 18.1 Å². The molecule has 3 nitrogen and oxygen atoms in total. The number of hydrogen-bond donors (Lipinski definition) is 2. The van der Waals surface area contributed by atoms with Crippen LogP contribution in [0, 0.1) is 6.92 Å². The lowest BCUT2D eigenvalue weighted by molar-refractivity contribution is -0.143. The summed E-state index contributed by atoms with van der Waals surface area (Å²) < 4.78 is 0.868. The van der Waals surface area contributed by atoms with Crippen LogP contribution >= 0.6 is 15.9 Å². The summed E-state index contributed by atoms with van der Waals surface area (Å²) >= 11 is 3.34. The van der Waals surface area contributed by atoms with Gasteiger partial charge in [-0.3, -0.25) is 0 Å². The van der Waals surface area contributed by atoms with Crippen LogP contribution < -0.4 is 5.73 Å². The van der Waals surface area contributed by atoms with Crippen LogP contribution in [-0.4, -0.2) is 11.1 Å². The molecule has 0 radical (unpaired) electrons. The molecule has 0 saturated carbocycles. The number of carboxylic acids is 1. The Morgan fingerprint density at radius 3 is 2.64 bits per heavy atom. The summed E-state index contributed by atoms with van der Waals surface area (Å²) in [6.07, 6.45) is 0. The van der Waals surface area contributed by atoms with Gasteiger partial charge in [-0.1, -0.05) is 28.1 Å². The Bertz CT molecular complexity index is 374. The number of carbonyl (C=O) groups is 1. The molecule has 0 spiro atoms. The molecular weight excluding hydrogens is 246 g/mol. The third-order valence-electron chi connectivity index (χ3n) is 2.27. The zero-order valence-electron chi connectivity index (χ0n) is 8.04. The number of rotatable bonds is 2. The van der Waals surface area contributed by atoms with Crippen molar-refractivity contribution in [3.05, 3.63) is 33.8 Å². The molecule has 0 fully saturated rings. The first-order valence-corrected chi connectivity index (χ1v) is 4.94. The van der Waals surface area contributed by atoms with Crippen molar-refractivity contribution in [1.29, 1.82) is 0 Å². The minimum Gasteiger partial charge on any atom is -0.480 e. The van der Waals surface area contributed by atoms with E-state index in [4.69, 9.17) is 10.8 Å². The first-order valence-electron chi connectivity index (χ1n) is 4.15. The Morgan fingerprint density at radius 1 is 1.57 bits per heavy atom. The summed E-state index contributed by atoms with van der Waals surface area (Å²) in [5.41, 5.74) is 5.88. The van der Waals surface area contributed by atoms with E-state index < -0.39 is 11.5 Å². The fourth-order valence-corrected chi connectivity index (χ4v) is 1.65. The van der Waals surface area contributed by atoms with Crippen LogP contribution in [-0.2, 0) is 10.3 Å². The topological polar surface area (TPSA) is 63.3 Å². The van der Waals surface area contributed by atoms with Gasteiger partial charge in [0.1, 0.15) is 5.54 Å². The lowest BCUT2D eigenvalue weighted by Gasteiger charge is -2.22. The molecule has 1 atom stereocenters. The van der Waals surface area contributed by atoms with Crippen molar-refractivity contribution in [3.8, 4) is 0 Å². The molecule has 4 heteroatoms. The highest BCUT2D eigenvalue weighted by Gasteiger charge is 2.31. The first-order chi connectivity index (χ1) is 6.37. The summed E-state index contributed by atoms with van der Waals surface area (Å²) in [7, 11) is 0. The second-order valence-electron chi connectivity index (χ2n) is 3.42. The fourth-order valence-electron chi connectivity index (χ4n) is 1.29. The molecule has 76 valence electrons. The molecule has 0 heterocycles. The van der Waals surface area contributed by atoms with Crippen LogP contribution in [0.25, 0.3) is 0 Å². The predicted octanol–water partition coefficient (Wildman–Crippen LogP) is 2.02. The minimum atomic E-state index is -1.34. The van der Waals surface area contributed by atoms with E-state index in [-0.39, 0.29) is 0 Å². The smallest absolute Gasteiger partial charge is 0.328 e. The van der Waals surface area contributed by atoms with Gasteiger partial charge in [-0.2, -0.15) is 0 Å². The molecule has 0 saturated heterocycles. The molecule has 0 bridgehead atoms. The van der Waals surface area contributed by atoms with Gasteiger partial charge in [-0.25, -0.2) is 4.79 Å². The lowest BCUT2D eigenvalue weighted by Crippen LogP contribution is -2.42. The largest absolute Gasteiger partial charge is 0.480 e. The van der Waals surface area contributed by atoms with Gasteiger partial charge in [-0.05, 0) is 31.0 Å². The summed E-state index contributed by atoms with van der Waals surface area (Å²) in [5.74, 6) is -1.03. The van der Waals surface area contributed by atoms with Gasteiger partial charge in [0.05, 0.1) is 0 Å². The normalized spacial score (nSPS) is 14.9. The molecule has 14 heavy (non-hydrogen) atoms. The maximum absolute atomic E-state index is 10.9. The monoisotopic (exact) mass is 257 g/mol. The summed E-state index contributed by atoms with van der Waals surface area (Å²) in [4.78, 5) is 10.9. The number of hydrogen-bond acceptors (Lipinski definition) is 2. The van der Waals surface area contributed by atoms with Crippen molar-refractivity contribution in [2.24, 2.45) is 5.73 Å². The molecule has 1 aromatic carbocycles. The van der Waals surface area contributed by atoms with Crippen molar-refractivity contribution in [2.45, 2.75) is 19.4 Å². The second-order valence-corrected chi connectivity index (χ2v) is 4.27. The number of benzene rings is 1. The van der Waals surface area contributed by atoms with Crippen molar-refractivity contribution in [2.75, 3.05) is 0 Å². The summed E-state index contributed by atoms with van der Waals surface area (Å²) in [6.45, 7) is 3.33. The van der Waals surface area contributed by atoms with Crippen LogP contribution in [0.3, 0.4) is 0 Å². The predicted molar refractivity (Wildman–Crippen MR) is 58.1 cm³/mol. The molecular formula is C10H12BrNO2. The quantitative estimate of drug-likeness (QED) is 0.852. The maximum Gasteiger partial charge on any atom is 0.328 e. The molecule has 0 aliphatic rings. The van der Waals surface area contributed by atoms with E-state index in [1.54, 1.807) is 12.1 Å². The van der Waals surface area contributed by atoms with Crippen molar-refractivity contribution in [1.82, 2.24) is 0 Å². The van der Waals surface area contributed by atoms with E-state index in [1.807, 2.05) is 13.0 Å². The molecule has 0 aliphatic carbocycles. The standard InChI is InChI=1S/C10H12BrNO2/c1-6-7(4-3-5-8(6)11)10(2,12)9(13)14/h3-5H,12H2,1-2H3,(H,13,14)/t10-/m1/s1. The SMILES string of the molecule is Cc1c(Br)cccc1[C@@](C)(N)C(=O)O. The molecule has 0 aliphatic heterocycles. The van der Waals surface area contributed by atoms with E-state index in [1.165, 1.54) is 6.92 Å². The summed E-state index contributed by atoms with van der Waals surface area (Å²) in [6, 6.07) is 5.37. The molecule has 1 aromatic rings. The van der Waals surface area contributed by atoms with Crippen LogP contribution in [0.2, 0.25) is 0 Å². The Balaban J connectivity index is 3.33. The van der Waals surface area contributed by atoms with Gasteiger partial charge in [0.25, 0.3) is 0 Å². The highest BCUT2D eigenvalue weighted by Crippen LogP contribution is 2.27. The zero-order chi connectivity index (χ0) is 10.9. The second kappa shape index (κ2) is 3.71. The Morgan fingerprint density at radius 2 is 2.14 bits per heavy atom. The highest BCUT2D eigenvalue weighted by atomic mass is 79.9.